The molecule has 9 heteroatoms. The molecule has 0 aliphatic heterocycles. The second-order valence-electron chi connectivity index (χ2n) is 3.69. The van der Waals surface area contributed by atoms with Crippen LogP contribution in [0.15, 0.2) is 6.07 Å². The Morgan fingerprint density at radius 1 is 1.40 bits per heavy atom. The molecule has 1 aromatic rings. The third-order valence-corrected chi connectivity index (χ3v) is 2.18. The zero-order valence-electron chi connectivity index (χ0n) is 11.0. The molecule has 0 radical (unpaired) electrons. The van der Waals surface area contributed by atoms with E-state index in [0.29, 0.717) is 0 Å². The molecule has 1 heterocycles. The average Bonchev–Trinajstić information content (AvgIpc) is 2.37. The van der Waals surface area contributed by atoms with Gasteiger partial charge in [0, 0.05) is 19.7 Å². The van der Waals surface area contributed by atoms with Crippen LogP contribution in [0.4, 0.5) is 24.9 Å². The number of esters is 1. The summed E-state index contributed by atoms with van der Waals surface area (Å²) in [6.07, 6.45) is -4.53. The molecule has 0 aromatic carbocycles. The Morgan fingerprint density at radius 3 is 2.65 bits per heavy atom. The summed E-state index contributed by atoms with van der Waals surface area (Å²) < 4.78 is 42.5. The SMILES string of the molecule is CCOC(=O)CCNc1cc(C(F)(F)F)nc(NC)n1. The summed E-state index contributed by atoms with van der Waals surface area (Å²) in [5.74, 6) is -0.599. The number of nitrogens with one attached hydrogen (secondary N) is 2. The first kappa shape index (κ1) is 16.0. The van der Waals surface area contributed by atoms with Gasteiger partial charge in [-0.2, -0.15) is 18.2 Å². The van der Waals surface area contributed by atoms with Crippen molar-refractivity contribution in [2.45, 2.75) is 19.5 Å². The minimum atomic E-state index is -4.56. The molecular weight excluding hydrogens is 277 g/mol. The molecule has 6 nitrogen and oxygen atoms in total. The van der Waals surface area contributed by atoms with E-state index in [1.807, 2.05) is 0 Å². The number of carbonyl (C=O) groups is 1. The van der Waals surface area contributed by atoms with Crippen LogP contribution in [-0.4, -0.2) is 36.1 Å². The highest BCUT2D eigenvalue weighted by atomic mass is 19.4. The predicted octanol–water partition coefficient (Wildman–Crippen LogP) is 1.90. The summed E-state index contributed by atoms with van der Waals surface area (Å²) in [5, 5.41) is 5.07. The quantitative estimate of drug-likeness (QED) is 0.780. The van der Waals surface area contributed by atoms with E-state index in [9.17, 15) is 18.0 Å². The third kappa shape index (κ3) is 4.90. The molecule has 1 aromatic heterocycles. The normalized spacial score (nSPS) is 11.1. The van der Waals surface area contributed by atoms with Gasteiger partial charge in [-0.25, -0.2) is 4.98 Å². The van der Waals surface area contributed by atoms with Crippen LogP contribution in [0.1, 0.15) is 19.0 Å². The van der Waals surface area contributed by atoms with Crippen LogP contribution in [0.25, 0.3) is 0 Å². The largest absolute Gasteiger partial charge is 0.466 e. The van der Waals surface area contributed by atoms with Gasteiger partial charge >= 0.3 is 12.1 Å². The van der Waals surface area contributed by atoms with Crippen LogP contribution in [0.5, 0.6) is 0 Å². The first-order valence-electron chi connectivity index (χ1n) is 5.90. The van der Waals surface area contributed by atoms with E-state index in [4.69, 9.17) is 4.74 Å². The average molecular weight is 292 g/mol. The van der Waals surface area contributed by atoms with Crippen LogP contribution < -0.4 is 10.6 Å². The molecule has 2 N–H and O–H groups in total. The molecule has 0 atom stereocenters. The molecular formula is C11H15F3N4O2. The Hall–Kier alpha value is -2.06. The van der Waals surface area contributed by atoms with Crippen LogP contribution in [0, 0.1) is 0 Å². The van der Waals surface area contributed by atoms with E-state index in [2.05, 4.69) is 20.6 Å². The highest BCUT2D eigenvalue weighted by molar-refractivity contribution is 5.70. The fraction of sp³-hybridized carbons (Fsp3) is 0.545. The zero-order valence-corrected chi connectivity index (χ0v) is 11.0. The van der Waals surface area contributed by atoms with Crippen molar-refractivity contribution in [2.24, 2.45) is 0 Å². The van der Waals surface area contributed by atoms with E-state index in [0.717, 1.165) is 6.07 Å². The van der Waals surface area contributed by atoms with Gasteiger partial charge < -0.3 is 15.4 Å². The molecule has 0 bridgehead atoms. The maximum atomic E-state index is 12.6. The standard InChI is InChI=1S/C11H15F3N4O2/c1-3-20-9(19)4-5-16-8-6-7(11(12,13)14)17-10(15-2)18-8/h6H,3-5H2,1-2H3,(H2,15,16,17,18). The van der Waals surface area contributed by atoms with E-state index in [-0.39, 0.29) is 31.3 Å². The van der Waals surface area contributed by atoms with Crippen molar-refractivity contribution in [3.05, 3.63) is 11.8 Å². The summed E-state index contributed by atoms with van der Waals surface area (Å²) in [4.78, 5) is 18.2. The lowest BCUT2D eigenvalue weighted by atomic mass is 10.3. The van der Waals surface area contributed by atoms with Gasteiger partial charge in [-0.15, -0.1) is 0 Å². The second kappa shape index (κ2) is 6.92. The van der Waals surface area contributed by atoms with Gasteiger partial charge in [0.2, 0.25) is 5.95 Å². The number of hydrogen-bond donors (Lipinski definition) is 2. The fourth-order valence-electron chi connectivity index (χ4n) is 1.32. The lowest BCUT2D eigenvalue weighted by Gasteiger charge is -2.11. The van der Waals surface area contributed by atoms with Gasteiger partial charge in [-0.3, -0.25) is 4.79 Å². The first-order valence-corrected chi connectivity index (χ1v) is 5.90. The number of nitrogens with zero attached hydrogens (tertiary/aromatic N) is 2. The third-order valence-electron chi connectivity index (χ3n) is 2.18. The second-order valence-corrected chi connectivity index (χ2v) is 3.69. The highest BCUT2D eigenvalue weighted by Gasteiger charge is 2.33. The fourth-order valence-corrected chi connectivity index (χ4v) is 1.32. The summed E-state index contributed by atoms with van der Waals surface area (Å²) in [6.45, 7) is 2.05. The molecule has 0 unspecified atom stereocenters. The molecule has 1 rings (SSSR count). The van der Waals surface area contributed by atoms with Gasteiger partial charge in [-0.1, -0.05) is 0 Å². The Morgan fingerprint density at radius 2 is 2.10 bits per heavy atom. The number of ether oxygens (including phenoxy) is 1. The maximum absolute atomic E-state index is 12.6. The summed E-state index contributed by atoms with van der Waals surface area (Å²) in [7, 11) is 1.41. The van der Waals surface area contributed by atoms with Gasteiger partial charge in [0.15, 0.2) is 5.69 Å². The highest BCUT2D eigenvalue weighted by Crippen LogP contribution is 2.29. The Balaban J connectivity index is 2.72. The molecule has 112 valence electrons. The van der Waals surface area contributed by atoms with Crippen LogP contribution in [0.2, 0.25) is 0 Å². The van der Waals surface area contributed by atoms with Crippen molar-refractivity contribution < 1.29 is 22.7 Å². The smallest absolute Gasteiger partial charge is 0.433 e. The monoisotopic (exact) mass is 292 g/mol. The first-order chi connectivity index (χ1) is 9.36. The van der Waals surface area contributed by atoms with Crippen LogP contribution >= 0.6 is 0 Å². The maximum Gasteiger partial charge on any atom is 0.433 e. The van der Waals surface area contributed by atoms with Gasteiger partial charge in [0.1, 0.15) is 5.82 Å². The van der Waals surface area contributed by atoms with Crippen molar-refractivity contribution in [1.82, 2.24) is 9.97 Å². The number of anilines is 2. The van der Waals surface area contributed by atoms with Crippen LogP contribution in [-0.2, 0) is 15.7 Å². The number of hydrogen-bond acceptors (Lipinski definition) is 6. The molecule has 0 fully saturated rings. The van der Waals surface area contributed by atoms with Gasteiger partial charge in [0.05, 0.1) is 13.0 Å². The molecule has 20 heavy (non-hydrogen) atoms. The van der Waals surface area contributed by atoms with Gasteiger partial charge in [-0.05, 0) is 6.92 Å². The van der Waals surface area contributed by atoms with E-state index in [1.54, 1.807) is 6.92 Å². The minimum absolute atomic E-state index is 0.0130. The number of carbonyl (C=O) groups excluding carboxylic acids is 1. The Bertz CT molecular complexity index is 465. The number of halogens is 3. The van der Waals surface area contributed by atoms with Gasteiger partial charge in [0.25, 0.3) is 0 Å². The van der Waals surface area contributed by atoms with Crippen molar-refractivity contribution in [3.63, 3.8) is 0 Å². The molecule has 0 saturated heterocycles. The molecule has 0 aliphatic rings. The Kier molecular flexibility index (Phi) is 5.53. The summed E-state index contributed by atoms with van der Waals surface area (Å²) >= 11 is 0. The van der Waals surface area contributed by atoms with Crippen molar-refractivity contribution in [2.75, 3.05) is 30.8 Å². The number of aromatic nitrogens is 2. The van der Waals surface area contributed by atoms with Crippen LogP contribution in [0.3, 0.4) is 0 Å². The van der Waals surface area contributed by atoms with E-state index >= 15 is 0 Å². The summed E-state index contributed by atoms with van der Waals surface area (Å²) in [5.41, 5.74) is -1.06. The predicted molar refractivity (Wildman–Crippen MR) is 66.3 cm³/mol. The zero-order chi connectivity index (χ0) is 15.2. The summed E-state index contributed by atoms with van der Waals surface area (Å²) in [6, 6.07) is 0.784. The molecule has 0 saturated carbocycles. The van der Waals surface area contributed by atoms with E-state index < -0.39 is 17.8 Å². The van der Waals surface area contributed by atoms with E-state index in [1.165, 1.54) is 7.05 Å². The molecule has 0 amide bonds. The topological polar surface area (TPSA) is 76.1 Å². The number of rotatable bonds is 6. The lowest BCUT2D eigenvalue weighted by molar-refractivity contribution is -0.143. The van der Waals surface area contributed by atoms with Crippen molar-refractivity contribution in [3.8, 4) is 0 Å². The van der Waals surface area contributed by atoms with Crippen molar-refractivity contribution in [1.29, 1.82) is 0 Å². The molecule has 0 aliphatic carbocycles. The minimum Gasteiger partial charge on any atom is -0.466 e. The lowest BCUT2D eigenvalue weighted by Crippen LogP contribution is -2.15. The Labute approximate surface area is 113 Å². The van der Waals surface area contributed by atoms with Crippen molar-refractivity contribution >= 4 is 17.7 Å². The molecule has 0 spiro atoms. The number of alkyl halides is 3.